The fourth-order valence-electron chi connectivity index (χ4n) is 1.56. The smallest absolute Gasteiger partial charge is 0.339 e. The lowest BCUT2D eigenvalue weighted by atomic mass is 10.1. The standard InChI is InChI=1S/C15H9ClFNO2/c16-14-7-12(17)5-6-13(14)15(19)20-9-11-3-1-10(8-18)2-4-11/h1-7H,9H2. The highest BCUT2D eigenvalue weighted by Crippen LogP contribution is 2.18. The molecule has 5 heteroatoms. The quantitative estimate of drug-likeness (QED) is 0.809. The molecule has 0 aromatic heterocycles. The molecule has 0 saturated heterocycles. The van der Waals surface area contributed by atoms with E-state index in [0.29, 0.717) is 5.56 Å². The van der Waals surface area contributed by atoms with Gasteiger partial charge in [-0.2, -0.15) is 5.26 Å². The summed E-state index contributed by atoms with van der Waals surface area (Å²) in [4.78, 5) is 11.8. The average Bonchev–Trinajstić information content (AvgIpc) is 2.45. The van der Waals surface area contributed by atoms with Crippen molar-refractivity contribution in [3.63, 3.8) is 0 Å². The third-order valence-electron chi connectivity index (χ3n) is 2.60. The van der Waals surface area contributed by atoms with Gasteiger partial charge in [-0.05, 0) is 35.9 Å². The highest BCUT2D eigenvalue weighted by atomic mass is 35.5. The average molecular weight is 290 g/mol. The highest BCUT2D eigenvalue weighted by molar-refractivity contribution is 6.33. The van der Waals surface area contributed by atoms with Gasteiger partial charge in [-0.1, -0.05) is 23.7 Å². The van der Waals surface area contributed by atoms with Gasteiger partial charge in [-0.3, -0.25) is 0 Å². The van der Waals surface area contributed by atoms with E-state index in [2.05, 4.69) is 0 Å². The number of rotatable bonds is 3. The lowest BCUT2D eigenvalue weighted by Gasteiger charge is -2.06. The van der Waals surface area contributed by atoms with Crippen LogP contribution in [0.4, 0.5) is 4.39 Å². The molecule has 100 valence electrons. The zero-order valence-electron chi connectivity index (χ0n) is 10.3. The molecule has 0 saturated carbocycles. The van der Waals surface area contributed by atoms with Gasteiger partial charge in [0.1, 0.15) is 12.4 Å². The first kappa shape index (κ1) is 14.0. The molecule has 0 aliphatic rings. The SMILES string of the molecule is N#Cc1ccc(COC(=O)c2ccc(F)cc2Cl)cc1. The van der Waals surface area contributed by atoms with Crippen molar-refractivity contribution in [1.82, 2.24) is 0 Å². The number of hydrogen-bond donors (Lipinski definition) is 0. The van der Waals surface area contributed by atoms with Gasteiger partial charge >= 0.3 is 5.97 Å². The molecule has 0 aliphatic heterocycles. The summed E-state index contributed by atoms with van der Waals surface area (Å²) < 4.78 is 17.9. The van der Waals surface area contributed by atoms with E-state index in [9.17, 15) is 9.18 Å². The van der Waals surface area contributed by atoms with E-state index in [4.69, 9.17) is 21.6 Å². The Hall–Kier alpha value is -2.38. The summed E-state index contributed by atoms with van der Waals surface area (Å²) in [6, 6.07) is 12.1. The Balaban J connectivity index is 2.03. The monoisotopic (exact) mass is 289 g/mol. The van der Waals surface area contributed by atoms with Crippen molar-refractivity contribution in [2.75, 3.05) is 0 Å². The van der Waals surface area contributed by atoms with Crippen LogP contribution in [0.2, 0.25) is 5.02 Å². The van der Waals surface area contributed by atoms with Gasteiger partial charge in [0.15, 0.2) is 0 Å². The van der Waals surface area contributed by atoms with Crippen molar-refractivity contribution in [1.29, 1.82) is 5.26 Å². The Bertz CT molecular complexity index is 677. The molecule has 20 heavy (non-hydrogen) atoms. The normalized spacial score (nSPS) is 9.85. The van der Waals surface area contributed by atoms with Crippen LogP contribution in [-0.2, 0) is 11.3 Å². The van der Waals surface area contributed by atoms with Crippen LogP contribution in [0.15, 0.2) is 42.5 Å². The Labute approximate surface area is 120 Å². The van der Waals surface area contributed by atoms with E-state index < -0.39 is 11.8 Å². The van der Waals surface area contributed by atoms with Gasteiger partial charge in [-0.15, -0.1) is 0 Å². The van der Waals surface area contributed by atoms with Crippen LogP contribution in [0.5, 0.6) is 0 Å². The maximum absolute atomic E-state index is 12.9. The van der Waals surface area contributed by atoms with Crippen LogP contribution in [-0.4, -0.2) is 5.97 Å². The number of nitriles is 1. The summed E-state index contributed by atoms with van der Waals surface area (Å²) in [6.45, 7) is 0.0538. The molecular weight excluding hydrogens is 281 g/mol. The molecule has 0 atom stereocenters. The molecule has 0 fully saturated rings. The summed E-state index contributed by atoms with van der Waals surface area (Å²) in [5.41, 5.74) is 1.39. The predicted octanol–water partition coefficient (Wildman–Crippen LogP) is 3.71. The molecular formula is C15H9ClFNO2. The predicted molar refractivity (Wildman–Crippen MR) is 71.7 cm³/mol. The zero-order chi connectivity index (χ0) is 14.5. The van der Waals surface area contributed by atoms with E-state index >= 15 is 0 Å². The Morgan fingerprint density at radius 1 is 1.25 bits per heavy atom. The molecule has 0 heterocycles. The minimum Gasteiger partial charge on any atom is -0.457 e. The third-order valence-corrected chi connectivity index (χ3v) is 2.92. The van der Waals surface area contributed by atoms with Crippen molar-refractivity contribution in [2.45, 2.75) is 6.61 Å². The lowest BCUT2D eigenvalue weighted by molar-refractivity contribution is 0.0473. The van der Waals surface area contributed by atoms with E-state index in [1.165, 1.54) is 6.07 Å². The maximum Gasteiger partial charge on any atom is 0.339 e. The van der Waals surface area contributed by atoms with E-state index in [0.717, 1.165) is 17.7 Å². The Morgan fingerprint density at radius 3 is 2.55 bits per heavy atom. The first-order valence-electron chi connectivity index (χ1n) is 5.71. The minimum absolute atomic E-state index is 0.00910. The summed E-state index contributed by atoms with van der Waals surface area (Å²) in [5, 5.41) is 8.68. The molecule has 2 aromatic rings. The summed E-state index contributed by atoms with van der Waals surface area (Å²) in [7, 11) is 0. The van der Waals surface area contributed by atoms with E-state index in [1.807, 2.05) is 6.07 Å². The number of carbonyl (C=O) groups excluding carboxylic acids is 1. The highest BCUT2D eigenvalue weighted by Gasteiger charge is 2.12. The van der Waals surface area contributed by atoms with Crippen molar-refractivity contribution < 1.29 is 13.9 Å². The summed E-state index contributed by atoms with van der Waals surface area (Å²) >= 11 is 5.77. The first-order valence-corrected chi connectivity index (χ1v) is 6.09. The number of carbonyl (C=O) groups is 1. The van der Waals surface area contributed by atoms with Gasteiger partial charge in [0, 0.05) is 0 Å². The molecule has 0 amide bonds. The van der Waals surface area contributed by atoms with Crippen LogP contribution in [0.1, 0.15) is 21.5 Å². The molecule has 2 aromatic carbocycles. The van der Waals surface area contributed by atoms with Crippen molar-refractivity contribution in [3.8, 4) is 6.07 Å². The summed E-state index contributed by atoms with van der Waals surface area (Å²) in [6.07, 6.45) is 0. The molecule has 0 unspecified atom stereocenters. The zero-order valence-corrected chi connectivity index (χ0v) is 11.0. The maximum atomic E-state index is 12.9. The van der Waals surface area contributed by atoms with Gasteiger partial charge in [0.2, 0.25) is 0 Å². The summed E-state index contributed by atoms with van der Waals surface area (Å²) in [5.74, 6) is -1.14. The molecule has 3 nitrogen and oxygen atoms in total. The second kappa shape index (κ2) is 6.18. The number of benzene rings is 2. The Morgan fingerprint density at radius 2 is 1.95 bits per heavy atom. The lowest BCUT2D eigenvalue weighted by Crippen LogP contribution is -2.06. The van der Waals surface area contributed by atoms with E-state index in [1.54, 1.807) is 24.3 Å². The second-order valence-electron chi connectivity index (χ2n) is 4.01. The van der Waals surface area contributed by atoms with Crippen LogP contribution >= 0.6 is 11.6 Å². The van der Waals surface area contributed by atoms with Gasteiger partial charge in [0.05, 0.1) is 22.2 Å². The van der Waals surface area contributed by atoms with Crippen molar-refractivity contribution in [3.05, 3.63) is 70.0 Å². The van der Waals surface area contributed by atoms with Crippen LogP contribution in [0.25, 0.3) is 0 Å². The topological polar surface area (TPSA) is 50.1 Å². The fraction of sp³-hybridized carbons (Fsp3) is 0.0667. The van der Waals surface area contributed by atoms with Crippen LogP contribution in [0, 0.1) is 17.1 Å². The second-order valence-corrected chi connectivity index (χ2v) is 4.42. The van der Waals surface area contributed by atoms with Gasteiger partial charge in [0.25, 0.3) is 0 Å². The Kier molecular flexibility index (Phi) is 4.34. The van der Waals surface area contributed by atoms with Crippen LogP contribution < -0.4 is 0 Å². The third kappa shape index (κ3) is 3.34. The number of nitrogens with zero attached hydrogens (tertiary/aromatic N) is 1. The minimum atomic E-state index is -0.626. The number of halogens is 2. The van der Waals surface area contributed by atoms with Gasteiger partial charge < -0.3 is 4.74 Å². The first-order chi connectivity index (χ1) is 9.60. The number of esters is 1. The van der Waals surface area contributed by atoms with Crippen LogP contribution in [0.3, 0.4) is 0 Å². The molecule has 0 N–H and O–H groups in total. The molecule has 0 spiro atoms. The molecule has 2 rings (SSSR count). The molecule has 0 radical (unpaired) electrons. The largest absolute Gasteiger partial charge is 0.457 e. The number of ether oxygens (including phenoxy) is 1. The van der Waals surface area contributed by atoms with E-state index in [-0.39, 0.29) is 17.2 Å². The van der Waals surface area contributed by atoms with Crippen molar-refractivity contribution >= 4 is 17.6 Å². The fourth-order valence-corrected chi connectivity index (χ4v) is 1.80. The molecule has 0 aliphatic carbocycles. The number of hydrogen-bond acceptors (Lipinski definition) is 3. The van der Waals surface area contributed by atoms with Crippen molar-refractivity contribution in [2.24, 2.45) is 0 Å². The molecule has 0 bridgehead atoms. The van der Waals surface area contributed by atoms with Gasteiger partial charge in [-0.25, -0.2) is 9.18 Å².